The van der Waals surface area contributed by atoms with E-state index in [4.69, 9.17) is 16.3 Å². The maximum absolute atomic E-state index is 13.6. The molecule has 1 aliphatic rings. The summed E-state index contributed by atoms with van der Waals surface area (Å²) in [6.45, 7) is 0.690. The molecule has 1 aliphatic heterocycles. The number of hydrogen-bond acceptors (Lipinski definition) is 3. The van der Waals surface area contributed by atoms with Crippen molar-refractivity contribution in [3.63, 3.8) is 0 Å². The van der Waals surface area contributed by atoms with E-state index in [9.17, 15) is 18.4 Å². The SMILES string of the molecule is O=C(Cc1ccc(F)cc1F)NCCN1Cc2cc(Cl)ccc2OCC1=O. The number of hydrogen-bond donors (Lipinski definition) is 1. The number of amides is 2. The standard InChI is InChI=1S/C19H17ClF2N2O3/c20-14-2-4-17-13(7-14)10-24(19(26)11-27-17)6-5-23-18(25)8-12-1-3-15(21)9-16(12)22/h1-4,7,9H,5-6,8,10-11H2,(H,23,25). The van der Waals surface area contributed by atoms with Crippen molar-refractivity contribution in [3.05, 3.63) is 64.2 Å². The summed E-state index contributed by atoms with van der Waals surface area (Å²) in [7, 11) is 0. The van der Waals surface area contributed by atoms with Crippen molar-refractivity contribution in [1.82, 2.24) is 10.2 Å². The Morgan fingerprint density at radius 3 is 2.81 bits per heavy atom. The van der Waals surface area contributed by atoms with Gasteiger partial charge in [-0.05, 0) is 29.8 Å². The van der Waals surface area contributed by atoms with Crippen LogP contribution in [0.4, 0.5) is 8.78 Å². The van der Waals surface area contributed by atoms with Gasteiger partial charge in [-0.3, -0.25) is 9.59 Å². The molecule has 0 radical (unpaired) electrons. The van der Waals surface area contributed by atoms with Crippen LogP contribution in [0, 0.1) is 11.6 Å². The molecule has 0 fully saturated rings. The van der Waals surface area contributed by atoms with Crippen LogP contribution < -0.4 is 10.1 Å². The molecule has 8 heteroatoms. The lowest BCUT2D eigenvalue weighted by molar-refractivity contribution is -0.133. The molecule has 3 rings (SSSR count). The van der Waals surface area contributed by atoms with Gasteiger partial charge in [0.15, 0.2) is 6.61 Å². The normalized spacial score (nSPS) is 13.6. The van der Waals surface area contributed by atoms with Crippen LogP contribution in [0.3, 0.4) is 0 Å². The first kappa shape index (κ1) is 19.1. The summed E-state index contributed by atoms with van der Waals surface area (Å²) in [5.74, 6) is -1.48. The number of carbonyl (C=O) groups is 2. The van der Waals surface area contributed by atoms with E-state index >= 15 is 0 Å². The molecule has 0 atom stereocenters. The summed E-state index contributed by atoms with van der Waals surface area (Å²) in [5.41, 5.74) is 0.893. The molecule has 27 heavy (non-hydrogen) atoms. The van der Waals surface area contributed by atoms with Gasteiger partial charge in [-0.1, -0.05) is 17.7 Å². The molecule has 0 saturated heterocycles. The van der Waals surface area contributed by atoms with Gasteiger partial charge in [0.2, 0.25) is 5.91 Å². The van der Waals surface area contributed by atoms with Crippen molar-refractivity contribution in [2.75, 3.05) is 19.7 Å². The first-order valence-electron chi connectivity index (χ1n) is 8.32. The first-order valence-corrected chi connectivity index (χ1v) is 8.70. The minimum Gasteiger partial charge on any atom is -0.483 e. The van der Waals surface area contributed by atoms with Gasteiger partial charge in [-0.25, -0.2) is 8.78 Å². The zero-order chi connectivity index (χ0) is 19.4. The molecule has 0 bridgehead atoms. The second-order valence-corrected chi connectivity index (χ2v) is 6.55. The van der Waals surface area contributed by atoms with E-state index < -0.39 is 17.5 Å². The third-order valence-electron chi connectivity index (χ3n) is 4.16. The molecular weight excluding hydrogens is 378 g/mol. The predicted octanol–water partition coefficient (Wildman–Crippen LogP) is 2.70. The van der Waals surface area contributed by atoms with Gasteiger partial charge < -0.3 is 15.0 Å². The minimum absolute atomic E-state index is 0.0939. The number of rotatable bonds is 5. The number of fused-ring (bicyclic) bond motifs is 1. The highest BCUT2D eigenvalue weighted by molar-refractivity contribution is 6.30. The Morgan fingerprint density at radius 1 is 1.22 bits per heavy atom. The summed E-state index contributed by atoms with van der Waals surface area (Å²) in [6.07, 6.45) is -0.207. The summed E-state index contributed by atoms with van der Waals surface area (Å²) in [5, 5.41) is 3.18. The molecule has 0 aliphatic carbocycles. The number of nitrogens with zero attached hydrogens (tertiary/aromatic N) is 1. The van der Waals surface area contributed by atoms with Crippen molar-refractivity contribution < 1.29 is 23.1 Å². The second-order valence-electron chi connectivity index (χ2n) is 6.12. The highest BCUT2D eigenvalue weighted by Crippen LogP contribution is 2.26. The molecule has 0 spiro atoms. The monoisotopic (exact) mass is 394 g/mol. The fourth-order valence-corrected chi connectivity index (χ4v) is 2.97. The number of carbonyl (C=O) groups excluding carboxylic acids is 2. The van der Waals surface area contributed by atoms with Gasteiger partial charge in [-0.2, -0.15) is 0 Å². The summed E-state index contributed by atoms with van der Waals surface area (Å²) >= 11 is 5.99. The Bertz CT molecular complexity index is 876. The van der Waals surface area contributed by atoms with Gasteiger partial charge in [-0.15, -0.1) is 0 Å². The lowest BCUT2D eigenvalue weighted by atomic mass is 10.1. The number of ether oxygens (including phenoxy) is 1. The summed E-state index contributed by atoms with van der Waals surface area (Å²) in [4.78, 5) is 25.7. The quantitative estimate of drug-likeness (QED) is 0.848. The predicted molar refractivity (Wildman–Crippen MR) is 95.4 cm³/mol. The van der Waals surface area contributed by atoms with E-state index in [1.807, 2.05) is 0 Å². The maximum atomic E-state index is 13.6. The fraction of sp³-hybridized carbons (Fsp3) is 0.263. The van der Waals surface area contributed by atoms with Crippen LogP contribution in [0.5, 0.6) is 5.75 Å². The summed E-state index contributed by atoms with van der Waals surface area (Å²) in [6, 6.07) is 8.22. The van der Waals surface area contributed by atoms with Gasteiger partial charge in [0.25, 0.3) is 5.91 Å². The van der Waals surface area contributed by atoms with E-state index in [1.54, 1.807) is 23.1 Å². The minimum atomic E-state index is -0.765. The van der Waals surface area contributed by atoms with Crippen LogP contribution in [0.15, 0.2) is 36.4 Å². The Labute approximate surface area is 159 Å². The third-order valence-corrected chi connectivity index (χ3v) is 4.39. The molecule has 1 heterocycles. The van der Waals surface area contributed by atoms with E-state index in [-0.39, 0.29) is 37.6 Å². The molecule has 0 aromatic heterocycles. The lowest BCUT2D eigenvalue weighted by Gasteiger charge is -2.20. The number of benzene rings is 2. The summed E-state index contributed by atoms with van der Waals surface area (Å²) < 4.78 is 32.0. The number of halogens is 3. The molecule has 2 aromatic rings. The molecule has 0 unspecified atom stereocenters. The molecule has 1 N–H and O–H groups in total. The average molecular weight is 395 g/mol. The molecule has 2 amide bonds. The van der Waals surface area contributed by atoms with E-state index in [0.29, 0.717) is 17.3 Å². The van der Waals surface area contributed by atoms with Crippen LogP contribution >= 0.6 is 11.6 Å². The molecular formula is C19H17ClF2N2O3. The number of nitrogens with one attached hydrogen (secondary N) is 1. The van der Waals surface area contributed by atoms with E-state index in [1.165, 1.54) is 6.07 Å². The van der Waals surface area contributed by atoms with Gasteiger partial charge in [0.05, 0.1) is 6.42 Å². The fourth-order valence-electron chi connectivity index (χ4n) is 2.77. The van der Waals surface area contributed by atoms with Crippen molar-refractivity contribution in [2.45, 2.75) is 13.0 Å². The molecule has 5 nitrogen and oxygen atoms in total. The Balaban J connectivity index is 1.54. The van der Waals surface area contributed by atoms with Crippen LogP contribution in [0.2, 0.25) is 5.02 Å². The van der Waals surface area contributed by atoms with E-state index in [0.717, 1.165) is 17.7 Å². The average Bonchev–Trinajstić information content (AvgIpc) is 2.76. The molecule has 2 aromatic carbocycles. The molecule has 0 saturated carbocycles. The molecule has 142 valence electrons. The third kappa shape index (κ3) is 4.95. The van der Waals surface area contributed by atoms with Crippen molar-refractivity contribution in [1.29, 1.82) is 0 Å². The zero-order valence-corrected chi connectivity index (χ0v) is 15.1. The Hall–Kier alpha value is -2.67. The topological polar surface area (TPSA) is 58.6 Å². The Morgan fingerprint density at radius 2 is 2.04 bits per heavy atom. The van der Waals surface area contributed by atoms with Crippen LogP contribution in [0.25, 0.3) is 0 Å². The smallest absolute Gasteiger partial charge is 0.260 e. The first-order chi connectivity index (χ1) is 12.9. The largest absolute Gasteiger partial charge is 0.483 e. The van der Waals surface area contributed by atoms with Crippen LogP contribution in [0.1, 0.15) is 11.1 Å². The van der Waals surface area contributed by atoms with Crippen LogP contribution in [-0.4, -0.2) is 36.4 Å². The van der Waals surface area contributed by atoms with Crippen LogP contribution in [-0.2, 0) is 22.6 Å². The highest BCUT2D eigenvalue weighted by atomic mass is 35.5. The maximum Gasteiger partial charge on any atom is 0.260 e. The van der Waals surface area contributed by atoms with E-state index in [2.05, 4.69) is 5.32 Å². The van der Waals surface area contributed by atoms with Crippen molar-refractivity contribution in [3.8, 4) is 5.75 Å². The van der Waals surface area contributed by atoms with Gasteiger partial charge in [0, 0.05) is 36.3 Å². The van der Waals surface area contributed by atoms with Gasteiger partial charge >= 0.3 is 0 Å². The zero-order valence-electron chi connectivity index (χ0n) is 14.3. The lowest BCUT2D eigenvalue weighted by Crippen LogP contribution is -2.39. The van der Waals surface area contributed by atoms with Crippen molar-refractivity contribution >= 4 is 23.4 Å². The highest BCUT2D eigenvalue weighted by Gasteiger charge is 2.21. The van der Waals surface area contributed by atoms with Crippen molar-refractivity contribution in [2.24, 2.45) is 0 Å². The van der Waals surface area contributed by atoms with Gasteiger partial charge in [0.1, 0.15) is 17.4 Å². The Kier molecular flexibility index (Phi) is 5.91. The second kappa shape index (κ2) is 8.35.